The van der Waals surface area contributed by atoms with Crippen LogP contribution in [-0.2, 0) is 14.3 Å². The third-order valence-corrected chi connectivity index (χ3v) is 10.9. The summed E-state index contributed by atoms with van der Waals surface area (Å²) in [5.41, 5.74) is 0. The fourth-order valence-corrected chi connectivity index (χ4v) is 7.04. The first kappa shape index (κ1) is 58.8. The highest BCUT2D eigenvalue weighted by Gasteiger charge is 2.23. The van der Waals surface area contributed by atoms with Gasteiger partial charge in [0.15, 0.2) is 0 Å². The van der Waals surface area contributed by atoms with Gasteiger partial charge in [0.05, 0.1) is 25.2 Å². The fourth-order valence-electron chi connectivity index (χ4n) is 7.04. The summed E-state index contributed by atoms with van der Waals surface area (Å²) in [5.74, 6) is -0.647. The van der Waals surface area contributed by atoms with Crippen molar-refractivity contribution in [2.75, 3.05) is 6.61 Å². The summed E-state index contributed by atoms with van der Waals surface area (Å²) in [5, 5.41) is 23.6. The van der Waals surface area contributed by atoms with Crippen LogP contribution in [0.25, 0.3) is 0 Å². The number of aliphatic hydroxyl groups excluding tert-OH is 2. The zero-order chi connectivity index (χ0) is 45.2. The maximum atomic E-state index is 13.1. The van der Waals surface area contributed by atoms with Crippen LogP contribution in [0.2, 0.25) is 0 Å². The zero-order valence-electron chi connectivity index (χ0n) is 40.2. The van der Waals surface area contributed by atoms with E-state index in [0.29, 0.717) is 19.3 Å². The molecule has 1 amide bonds. The van der Waals surface area contributed by atoms with E-state index in [1.165, 1.54) is 89.9 Å². The van der Waals surface area contributed by atoms with Gasteiger partial charge >= 0.3 is 5.97 Å². The van der Waals surface area contributed by atoms with Crippen LogP contribution in [0.15, 0.2) is 97.2 Å². The number of carbonyl (C=O) groups is 2. The SMILES string of the molecule is CC/C=C\C/C=C\C/C=C\C/C=C\C/C=C\C/C=C\C(CC(=O)NC(CO)C(O)CCCCCCCCCCC)OC(=O)CCCCCCCCC/C=C\C/C=C\CCCCC. The first-order chi connectivity index (χ1) is 30.5. The van der Waals surface area contributed by atoms with Crippen LogP contribution < -0.4 is 5.32 Å². The molecule has 0 aliphatic carbocycles. The van der Waals surface area contributed by atoms with Crippen molar-refractivity contribution in [2.24, 2.45) is 0 Å². The van der Waals surface area contributed by atoms with E-state index in [2.05, 4.69) is 111 Å². The molecular weight excluding hydrogens is 767 g/mol. The molecule has 354 valence electrons. The van der Waals surface area contributed by atoms with Gasteiger partial charge in [0.25, 0.3) is 0 Å². The van der Waals surface area contributed by atoms with Gasteiger partial charge in [0.1, 0.15) is 6.10 Å². The highest BCUT2D eigenvalue weighted by atomic mass is 16.5. The third kappa shape index (κ3) is 43.4. The van der Waals surface area contributed by atoms with Crippen molar-refractivity contribution in [2.45, 2.75) is 238 Å². The first-order valence-corrected chi connectivity index (χ1v) is 25.5. The molecule has 0 spiro atoms. The summed E-state index contributed by atoms with van der Waals surface area (Å²) < 4.78 is 5.82. The van der Waals surface area contributed by atoms with E-state index in [4.69, 9.17) is 4.74 Å². The van der Waals surface area contributed by atoms with E-state index in [0.717, 1.165) is 83.5 Å². The molecule has 0 heterocycles. The number of unbranched alkanes of at least 4 members (excludes halogenated alkanes) is 18. The first-order valence-electron chi connectivity index (χ1n) is 25.5. The maximum Gasteiger partial charge on any atom is 0.306 e. The Labute approximate surface area is 382 Å². The quantitative estimate of drug-likeness (QED) is 0.0322. The minimum absolute atomic E-state index is 0.0555. The Morgan fingerprint density at radius 2 is 0.903 bits per heavy atom. The lowest BCUT2D eigenvalue weighted by atomic mass is 10.0. The Morgan fingerprint density at radius 1 is 0.500 bits per heavy atom. The second-order valence-corrected chi connectivity index (χ2v) is 16.8. The van der Waals surface area contributed by atoms with E-state index >= 15 is 0 Å². The molecule has 0 aromatic heterocycles. The minimum atomic E-state index is -0.824. The Kier molecular flexibility index (Phi) is 46.3. The smallest absolute Gasteiger partial charge is 0.306 e. The highest BCUT2D eigenvalue weighted by molar-refractivity contribution is 5.78. The molecule has 3 atom stereocenters. The Bertz CT molecular complexity index is 1240. The number of aliphatic hydroxyl groups is 2. The van der Waals surface area contributed by atoms with Crippen LogP contribution >= 0.6 is 0 Å². The summed E-state index contributed by atoms with van der Waals surface area (Å²) in [6.07, 6.45) is 65.0. The number of hydrogen-bond acceptors (Lipinski definition) is 5. The summed E-state index contributed by atoms with van der Waals surface area (Å²) >= 11 is 0. The fraction of sp³-hybridized carbons (Fsp3) is 0.679. The second kappa shape index (κ2) is 48.8. The molecule has 6 heteroatoms. The number of hydrogen-bond donors (Lipinski definition) is 3. The van der Waals surface area contributed by atoms with Crippen molar-refractivity contribution in [3.05, 3.63) is 97.2 Å². The van der Waals surface area contributed by atoms with E-state index in [1.807, 2.05) is 6.08 Å². The summed E-state index contributed by atoms with van der Waals surface area (Å²) in [4.78, 5) is 26.1. The molecule has 0 aliphatic heterocycles. The lowest BCUT2D eigenvalue weighted by molar-refractivity contribution is -0.148. The summed E-state index contributed by atoms with van der Waals surface area (Å²) in [6, 6.07) is -0.748. The minimum Gasteiger partial charge on any atom is -0.458 e. The van der Waals surface area contributed by atoms with Gasteiger partial charge in [-0.1, -0.05) is 215 Å². The molecule has 0 fully saturated rings. The number of esters is 1. The number of rotatable bonds is 44. The van der Waals surface area contributed by atoms with Crippen LogP contribution in [0, 0.1) is 0 Å². The van der Waals surface area contributed by atoms with Crippen molar-refractivity contribution in [3.63, 3.8) is 0 Å². The second-order valence-electron chi connectivity index (χ2n) is 16.8. The normalized spacial score (nSPS) is 14.1. The average molecular weight is 862 g/mol. The molecule has 62 heavy (non-hydrogen) atoms. The molecule has 0 aromatic rings. The molecule has 0 aromatic carbocycles. The lowest BCUT2D eigenvalue weighted by Crippen LogP contribution is -2.46. The highest BCUT2D eigenvalue weighted by Crippen LogP contribution is 2.15. The van der Waals surface area contributed by atoms with Gasteiger partial charge in [0, 0.05) is 6.42 Å². The van der Waals surface area contributed by atoms with Crippen LogP contribution in [-0.4, -0.2) is 46.9 Å². The number of allylic oxidation sites excluding steroid dienone is 15. The number of amides is 1. The Morgan fingerprint density at radius 3 is 1.40 bits per heavy atom. The molecule has 0 saturated heterocycles. The van der Waals surface area contributed by atoms with Gasteiger partial charge in [-0.05, 0) is 89.5 Å². The van der Waals surface area contributed by atoms with Crippen molar-refractivity contribution in [1.82, 2.24) is 5.32 Å². The molecule has 0 saturated carbocycles. The molecule has 0 rings (SSSR count). The van der Waals surface area contributed by atoms with E-state index in [1.54, 1.807) is 6.08 Å². The van der Waals surface area contributed by atoms with Gasteiger partial charge in [-0.15, -0.1) is 0 Å². The molecular formula is C56H95NO5. The van der Waals surface area contributed by atoms with Crippen molar-refractivity contribution in [1.29, 1.82) is 0 Å². The Balaban J connectivity index is 4.78. The molecule has 0 radical (unpaired) electrons. The molecule has 3 unspecified atom stereocenters. The third-order valence-electron chi connectivity index (χ3n) is 10.9. The Hall–Kier alpha value is -3.22. The van der Waals surface area contributed by atoms with Gasteiger partial charge < -0.3 is 20.3 Å². The van der Waals surface area contributed by atoms with Crippen LogP contribution in [0.3, 0.4) is 0 Å². The number of ether oxygens (including phenoxy) is 1. The standard InChI is InChI=1S/C56H95NO5/c1-4-7-10-13-16-19-21-23-25-27-29-31-33-36-38-41-44-47-52(50-55(60)57-53(51-58)54(59)48-45-42-39-35-18-15-12-9-6-3)62-56(61)49-46-43-40-37-34-32-30-28-26-24-22-20-17-14-11-8-5-2/h7,10,16-17,19-20,23-26,29,31,36,38,44,47,52-54,58-59H,4-6,8-9,11-15,18,21-22,27-28,30,32-35,37,39-43,45-46,48-51H2,1-3H3,(H,57,60)/b10-7-,19-16-,20-17-,25-23-,26-24-,31-29-,38-36-,47-44-. The molecule has 6 nitrogen and oxygen atoms in total. The number of nitrogens with one attached hydrogen (secondary N) is 1. The predicted octanol–water partition coefficient (Wildman–Crippen LogP) is 15.3. The van der Waals surface area contributed by atoms with Crippen LogP contribution in [0.4, 0.5) is 0 Å². The largest absolute Gasteiger partial charge is 0.458 e. The van der Waals surface area contributed by atoms with Gasteiger partial charge in [-0.25, -0.2) is 0 Å². The van der Waals surface area contributed by atoms with Crippen molar-refractivity contribution < 1.29 is 24.5 Å². The molecule has 0 aliphatic rings. The summed E-state index contributed by atoms with van der Waals surface area (Å²) in [6.45, 7) is 6.28. The van der Waals surface area contributed by atoms with Crippen molar-refractivity contribution in [3.8, 4) is 0 Å². The van der Waals surface area contributed by atoms with Crippen molar-refractivity contribution >= 4 is 11.9 Å². The van der Waals surface area contributed by atoms with Crippen LogP contribution in [0.1, 0.15) is 220 Å². The molecule has 0 bridgehead atoms. The number of carbonyl (C=O) groups excluding carboxylic acids is 2. The zero-order valence-corrected chi connectivity index (χ0v) is 40.2. The average Bonchev–Trinajstić information content (AvgIpc) is 3.26. The van der Waals surface area contributed by atoms with Gasteiger partial charge in [-0.3, -0.25) is 9.59 Å². The van der Waals surface area contributed by atoms with E-state index in [-0.39, 0.29) is 24.9 Å². The molecule has 3 N–H and O–H groups in total. The van der Waals surface area contributed by atoms with Gasteiger partial charge in [0.2, 0.25) is 5.91 Å². The topological polar surface area (TPSA) is 95.9 Å². The van der Waals surface area contributed by atoms with E-state index in [9.17, 15) is 19.8 Å². The maximum absolute atomic E-state index is 13.1. The van der Waals surface area contributed by atoms with Crippen LogP contribution in [0.5, 0.6) is 0 Å². The van der Waals surface area contributed by atoms with Gasteiger partial charge in [-0.2, -0.15) is 0 Å². The van der Waals surface area contributed by atoms with E-state index < -0.39 is 18.2 Å². The lowest BCUT2D eigenvalue weighted by Gasteiger charge is -2.23. The predicted molar refractivity (Wildman–Crippen MR) is 268 cm³/mol. The summed E-state index contributed by atoms with van der Waals surface area (Å²) in [7, 11) is 0. The monoisotopic (exact) mass is 862 g/mol.